The molecule has 5 aromatic rings. The number of hydrogen-bond acceptors (Lipinski definition) is 3. The molecule has 0 unspecified atom stereocenters. The minimum atomic E-state index is 0.667. The van der Waals surface area contributed by atoms with Crippen molar-refractivity contribution >= 4 is 44.6 Å². The second kappa shape index (κ2) is 6.53. The van der Waals surface area contributed by atoms with Gasteiger partial charge in [0.25, 0.3) is 0 Å². The van der Waals surface area contributed by atoms with Gasteiger partial charge >= 0.3 is 0 Å². The van der Waals surface area contributed by atoms with Crippen LogP contribution >= 0.6 is 0 Å². The molecule has 6 rings (SSSR count). The Kier molecular flexibility index (Phi) is 3.68. The van der Waals surface area contributed by atoms with Crippen LogP contribution < -0.4 is 10.4 Å². The standard InChI is InChI=1S/C27H18N2O/c30-28-15-24-14-21-4-1-2-5-22(21)16-29(24)17-23-11-10-20-9-8-18-6-3-7-19-12-13-25(23)27(20)26(18)19/h1-16H,17H2. The molecule has 0 saturated carbocycles. The Labute approximate surface area is 173 Å². The Morgan fingerprint density at radius 2 is 1.43 bits per heavy atom. The van der Waals surface area contributed by atoms with E-state index in [9.17, 15) is 4.91 Å². The van der Waals surface area contributed by atoms with E-state index in [2.05, 4.69) is 83.0 Å². The molecule has 0 aromatic heterocycles. The van der Waals surface area contributed by atoms with Gasteiger partial charge in [0.2, 0.25) is 0 Å². The smallest absolute Gasteiger partial charge is 0.0951 e. The molecular weight excluding hydrogens is 368 g/mol. The first-order valence-corrected chi connectivity index (χ1v) is 10.1. The fraction of sp³-hybridized carbons (Fsp3) is 0.0370. The second-order valence-corrected chi connectivity index (χ2v) is 7.77. The number of rotatable bonds is 3. The second-order valence-electron chi connectivity index (χ2n) is 7.77. The minimum Gasteiger partial charge on any atom is -0.342 e. The van der Waals surface area contributed by atoms with E-state index in [4.69, 9.17) is 0 Å². The highest BCUT2D eigenvalue weighted by Crippen LogP contribution is 2.36. The summed E-state index contributed by atoms with van der Waals surface area (Å²) in [6.07, 6.45) is 5.51. The Hall–Kier alpha value is -3.98. The van der Waals surface area contributed by atoms with E-state index in [1.807, 2.05) is 18.2 Å². The SMILES string of the molecule is O=NC=C1C=c2ccccc2=CN1Cc1ccc2ccc3cccc4ccc1c2c34. The van der Waals surface area contributed by atoms with Crippen LogP contribution in [0.25, 0.3) is 44.6 Å². The lowest BCUT2D eigenvalue weighted by atomic mass is 9.92. The number of allylic oxidation sites excluding steroid dienone is 1. The van der Waals surface area contributed by atoms with Gasteiger partial charge in [-0.1, -0.05) is 78.9 Å². The molecule has 0 radical (unpaired) electrons. The Morgan fingerprint density at radius 3 is 2.23 bits per heavy atom. The molecule has 0 amide bonds. The van der Waals surface area contributed by atoms with Crippen molar-refractivity contribution in [3.8, 4) is 0 Å². The summed E-state index contributed by atoms with van der Waals surface area (Å²) in [6.45, 7) is 0.667. The van der Waals surface area contributed by atoms with Crippen molar-refractivity contribution in [3.63, 3.8) is 0 Å². The maximum atomic E-state index is 11.0. The normalized spacial score (nSPS) is 14.8. The van der Waals surface area contributed by atoms with Gasteiger partial charge in [0.15, 0.2) is 0 Å². The van der Waals surface area contributed by atoms with Crippen LogP contribution in [-0.2, 0) is 6.54 Å². The fourth-order valence-corrected chi connectivity index (χ4v) is 4.66. The monoisotopic (exact) mass is 386 g/mol. The summed E-state index contributed by atoms with van der Waals surface area (Å²) < 4.78 is 0. The zero-order chi connectivity index (χ0) is 20.1. The molecule has 1 heterocycles. The van der Waals surface area contributed by atoms with Crippen molar-refractivity contribution in [2.24, 2.45) is 5.18 Å². The van der Waals surface area contributed by atoms with Gasteiger partial charge in [0.05, 0.1) is 11.9 Å². The van der Waals surface area contributed by atoms with Crippen molar-refractivity contribution < 1.29 is 0 Å². The molecule has 142 valence electrons. The van der Waals surface area contributed by atoms with Gasteiger partial charge in [0.1, 0.15) is 0 Å². The predicted octanol–water partition coefficient (Wildman–Crippen LogP) is 5.23. The van der Waals surface area contributed by atoms with Gasteiger partial charge in [-0.2, -0.15) is 0 Å². The molecule has 0 N–H and O–H groups in total. The molecule has 0 fully saturated rings. The zero-order valence-corrected chi connectivity index (χ0v) is 16.2. The summed E-state index contributed by atoms with van der Waals surface area (Å²) >= 11 is 0. The van der Waals surface area contributed by atoms with Crippen LogP contribution in [0.1, 0.15) is 5.56 Å². The molecule has 0 spiro atoms. The van der Waals surface area contributed by atoms with Crippen LogP contribution in [0.2, 0.25) is 0 Å². The highest BCUT2D eigenvalue weighted by atomic mass is 16.2. The number of nitroso groups, excluding NO2 is 1. The Bertz CT molecular complexity index is 1580. The summed E-state index contributed by atoms with van der Waals surface area (Å²) in [5.74, 6) is 0. The average molecular weight is 386 g/mol. The van der Waals surface area contributed by atoms with E-state index in [0.29, 0.717) is 6.54 Å². The van der Waals surface area contributed by atoms with E-state index in [-0.39, 0.29) is 0 Å². The molecule has 3 heteroatoms. The van der Waals surface area contributed by atoms with E-state index in [0.717, 1.165) is 16.1 Å². The van der Waals surface area contributed by atoms with E-state index in [1.54, 1.807) is 0 Å². The lowest BCUT2D eigenvalue weighted by Crippen LogP contribution is -2.33. The molecule has 0 aliphatic carbocycles. The van der Waals surface area contributed by atoms with Crippen molar-refractivity contribution in [1.82, 2.24) is 4.90 Å². The number of fused-ring (bicyclic) bond motifs is 1. The van der Waals surface area contributed by atoms with Gasteiger partial charge < -0.3 is 4.90 Å². The summed E-state index contributed by atoms with van der Waals surface area (Å²) in [6, 6.07) is 27.9. The number of benzene rings is 5. The highest BCUT2D eigenvalue weighted by molar-refractivity contribution is 6.23. The molecule has 1 aliphatic heterocycles. The number of nitrogens with zero attached hydrogens (tertiary/aromatic N) is 2. The van der Waals surface area contributed by atoms with E-state index < -0.39 is 0 Å². The topological polar surface area (TPSA) is 32.7 Å². The lowest BCUT2D eigenvalue weighted by molar-refractivity contribution is 0.519. The van der Waals surface area contributed by atoms with Gasteiger partial charge in [-0.05, 0) is 59.6 Å². The molecule has 0 atom stereocenters. The van der Waals surface area contributed by atoms with Crippen LogP contribution in [-0.4, -0.2) is 4.90 Å². The van der Waals surface area contributed by atoms with Crippen molar-refractivity contribution in [2.75, 3.05) is 0 Å². The van der Waals surface area contributed by atoms with Crippen molar-refractivity contribution in [3.05, 3.63) is 112 Å². The van der Waals surface area contributed by atoms with E-state index in [1.165, 1.54) is 44.1 Å². The molecule has 5 aromatic carbocycles. The minimum absolute atomic E-state index is 0.667. The number of hydrogen-bond donors (Lipinski definition) is 0. The fourth-order valence-electron chi connectivity index (χ4n) is 4.66. The zero-order valence-electron chi connectivity index (χ0n) is 16.2. The van der Waals surface area contributed by atoms with Crippen molar-refractivity contribution in [2.45, 2.75) is 6.54 Å². The first-order chi connectivity index (χ1) is 14.8. The van der Waals surface area contributed by atoms with Crippen LogP contribution in [0.4, 0.5) is 0 Å². The van der Waals surface area contributed by atoms with Gasteiger partial charge in [-0.25, -0.2) is 0 Å². The summed E-state index contributed by atoms with van der Waals surface area (Å²) in [5.41, 5.74) is 2.02. The Balaban J connectivity index is 1.56. The van der Waals surface area contributed by atoms with Gasteiger partial charge in [-0.15, -0.1) is 4.91 Å². The summed E-state index contributed by atoms with van der Waals surface area (Å²) in [5, 5.41) is 12.9. The summed E-state index contributed by atoms with van der Waals surface area (Å²) in [4.78, 5) is 13.1. The lowest BCUT2D eigenvalue weighted by Gasteiger charge is -2.25. The summed E-state index contributed by atoms with van der Waals surface area (Å²) in [7, 11) is 0. The first-order valence-electron chi connectivity index (χ1n) is 10.1. The molecule has 1 aliphatic rings. The largest absolute Gasteiger partial charge is 0.342 e. The quantitative estimate of drug-likeness (QED) is 0.314. The third-order valence-electron chi connectivity index (χ3n) is 6.07. The highest BCUT2D eigenvalue weighted by Gasteiger charge is 2.15. The average Bonchev–Trinajstić information content (AvgIpc) is 2.79. The van der Waals surface area contributed by atoms with Crippen LogP contribution in [0.15, 0.2) is 95.9 Å². The molecule has 0 bridgehead atoms. The molecular formula is C27H18N2O. The Morgan fingerprint density at radius 1 is 0.733 bits per heavy atom. The van der Waals surface area contributed by atoms with E-state index >= 15 is 0 Å². The third-order valence-corrected chi connectivity index (χ3v) is 6.07. The van der Waals surface area contributed by atoms with Crippen LogP contribution in [0.3, 0.4) is 0 Å². The molecule has 0 saturated heterocycles. The maximum absolute atomic E-state index is 11.0. The maximum Gasteiger partial charge on any atom is 0.0951 e. The predicted molar refractivity (Wildman–Crippen MR) is 124 cm³/mol. The van der Waals surface area contributed by atoms with Gasteiger partial charge in [-0.3, -0.25) is 0 Å². The molecule has 3 nitrogen and oxygen atoms in total. The van der Waals surface area contributed by atoms with Crippen LogP contribution in [0.5, 0.6) is 0 Å². The van der Waals surface area contributed by atoms with Gasteiger partial charge in [0, 0.05) is 12.7 Å². The van der Waals surface area contributed by atoms with Crippen molar-refractivity contribution in [1.29, 1.82) is 0 Å². The van der Waals surface area contributed by atoms with Crippen LogP contribution in [0, 0.1) is 4.91 Å². The molecule has 30 heavy (non-hydrogen) atoms. The third kappa shape index (κ3) is 2.52. The first kappa shape index (κ1) is 16.9.